The molecule has 0 unspecified atom stereocenters. The number of aromatic nitrogens is 4. The number of halogens is 2. The van der Waals surface area contributed by atoms with Gasteiger partial charge in [-0.2, -0.15) is 4.39 Å². The topological polar surface area (TPSA) is 75.0 Å². The summed E-state index contributed by atoms with van der Waals surface area (Å²) in [7, 11) is 1.85. The number of rotatable bonds is 5. The van der Waals surface area contributed by atoms with Crippen LogP contribution >= 0.6 is 11.8 Å². The lowest BCUT2D eigenvalue weighted by Crippen LogP contribution is -2.52. The Balaban J connectivity index is 1.38. The van der Waals surface area contributed by atoms with Gasteiger partial charge in [0.2, 0.25) is 5.95 Å². The zero-order valence-electron chi connectivity index (χ0n) is 20.3. The van der Waals surface area contributed by atoms with Gasteiger partial charge < -0.3 is 10.0 Å². The molecule has 2 saturated carbocycles. The SMILES string of the molecule is CSc1cc(-c2ccc(-c3ncc(N(C)[C@@H]4C[C@@]5(C)CC[C@](C)(C5)[C@@H]4F)nn3)c(O)c2)cc(F)n1. The Hall–Kier alpha value is -2.81. The number of benzene rings is 1. The van der Waals surface area contributed by atoms with Crippen molar-refractivity contribution in [3.8, 4) is 28.3 Å². The molecule has 3 aromatic rings. The highest BCUT2D eigenvalue weighted by Crippen LogP contribution is 2.59. The molecule has 35 heavy (non-hydrogen) atoms. The molecule has 0 aliphatic heterocycles. The van der Waals surface area contributed by atoms with Crippen molar-refractivity contribution in [1.82, 2.24) is 20.2 Å². The van der Waals surface area contributed by atoms with Crippen LogP contribution in [0.1, 0.15) is 39.5 Å². The number of hydrogen-bond acceptors (Lipinski definition) is 7. The summed E-state index contributed by atoms with van der Waals surface area (Å²) in [5, 5.41) is 19.8. The van der Waals surface area contributed by atoms with E-state index in [1.165, 1.54) is 17.8 Å². The first-order valence-corrected chi connectivity index (χ1v) is 13.0. The number of fused-ring (bicyclic) bond motifs is 2. The van der Waals surface area contributed by atoms with Crippen molar-refractivity contribution >= 4 is 17.6 Å². The van der Waals surface area contributed by atoms with Gasteiger partial charge in [-0.25, -0.2) is 14.4 Å². The number of phenolic OH excluding ortho intramolecular Hbond substituents is 1. The quantitative estimate of drug-likeness (QED) is 0.347. The molecule has 2 aromatic heterocycles. The normalized spacial score (nSPS) is 27.7. The van der Waals surface area contributed by atoms with Gasteiger partial charge in [-0.1, -0.05) is 19.9 Å². The average Bonchev–Trinajstić information content (AvgIpc) is 3.12. The maximum atomic E-state index is 15.5. The lowest BCUT2D eigenvalue weighted by atomic mass is 9.67. The molecule has 0 saturated heterocycles. The van der Waals surface area contributed by atoms with Gasteiger partial charge in [0.15, 0.2) is 11.6 Å². The lowest BCUT2D eigenvalue weighted by molar-refractivity contribution is 0.0380. The minimum Gasteiger partial charge on any atom is -0.507 e. The number of alkyl halides is 1. The molecule has 0 radical (unpaired) electrons. The van der Waals surface area contributed by atoms with Gasteiger partial charge in [0.05, 0.1) is 22.8 Å². The number of hydrogen-bond donors (Lipinski definition) is 1. The van der Waals surface area contributed by atoms with Crippen molar-refractivity contribution in [3.05, 3.63) is 42.5 Å². The number of nitrogens with zero attached hydrogens (tertiary/aromatic N) is 5. The molecule has 9 heteroatoms. The summed E-state index contributed by atoms with van der Waals surface area (Å²) >= 11 is 1.34. The molecule has 2 aliphatic carbocycles. The zero-order chi connectivity index (χ0) is 25.0. The molecule has 6 nitrogen and oxygen atoms in total. The van der Waals surface area contributed by atoms with E-state index in [1.807, 2.05) is 18.2 Å². The third-order valence-electron chi connectivity index (χ3n) is 7.80. The third-order valence-corrected chi connectivity index (χ3v) is 8.42. The number of pyridine rings is 1. The minimum absolute atomic E-state index is 0.0399. The minimum atomic E-state index is -0.939. The monoisotopic (exact) mass is 497 g/mol. The lowest BCUT2D eigenvalue weighted by Gasteiger charge is -2.46. The Morgan fingerprint density at radius 2 is 1.91 bits per heavy atom. The van der Waals surface area contributed by atoms with Crippen LogP contribution in [0.4, 0.5) is 14.6 Å². The standard InChI is InChI=1S/C26H29F2N5OS/c1-25-7-8-26(2,14-25)23(28)18(12-25)33(3)21-13-29-24(32-31-21)17-6-5-15(9-19(17)34)16-10-20(27)30-22(11-16)35-4/h5-6,9-11,13,18,23,34H,7-8,12,14H2,1-4H3/t18-,23-,25-,26-/m1/s1. The Labute approximate surface area is 208 Å². The van der Waals surface area contributed by atoms with Crippen molar-refractivity contribution in [3.63, 3.8) is 0 Å². The van der Waals surface area contributed by atoms with E-state index in [9.17, 15) is 9.50 Å². The highest BCUT2D eigenvalue weighted by molar-refractivity contribution is 7.98. The largest absolute Gasteiger partial charge is 0.507 e. The van der Waals surface area contributed by atoms with E-state index in [-0.39, 0.29) is 28.4 Å². The Bertz CT molecular complexity index is 1260. The molecule has 2 fully saturated rings. The van der Waals surface area contributed by atoms with Crippen molar-refractivity contribution in [1.29, 1.82) is 0 Å². The van der Waals surface area contributed by atoms with E-state index < -0.39 is 12.1 Å². The second kappa shape index (κ2) is 8.69. The van der Waals surface area contributed by atoms with Gasteiger partial charge in [0.25, 0.3) is 0 Å². The van der Waals surface area contributed by atoms with Gasteiger partial charge in [-0.15, -0.1) is 22.0 Å². The third kappa shape index (κ3) is 4.35. The smallest absolute Gasteiger partial charge is 0.214 e. The van der Waals surface area contributed by atoms with Gasteiger partial charge >= 0.3 is 0 Å². The average molecular weight is 498 g/mol. The molecule has 1 N–H and O–H groups in total. The van der Waals surface area contributed by atoms with E-state index in [2.05, 4.69) is 34.0 Å². The second-order valence-electron chi connectivity index (χ2n) is 10.5. The van der Waals surface area contributed by atoms with E-state index in [1.54, 1.807) is 30.5 Å². The number of thioether (sulfide) groups is 1. The van der Waals surface area contributed by atoms with Crippen molar-refractivity contribution in [2.75, 3.05) is 18.2 Å². The van der Waals surface area contributed by atoms with Gasteiger partial charge in [0.1, 0.15) is 11.9 Å². The van der Waals surface area contributed by atoms with Gasteiger partial charge in [0, 0.05) is 18.5 Å². The van der Waals surface area contributed by atoms with Crippen molar-refractivity contribution in [2.45, 2.75) is 56.8 Å². The summed E-state index contributed by atoms with van der Waals surface area (Å²) in [6, 6.07) is 7.81. The molecule has 0 amide bonds. The first-order valence-electron chi connectivity index (χ1n) is 11.7. The van der Waals surface area contributed by atoms with Gasteiger partial charge in [-0.05, 0) is 66.7 Å². The molecule has 5 rings (SSSR count). The molecule has 4 atom stereocenters. The van der Waals surface area contributed by atoms with Crippen LogP contribution in [-0.2, 0) is 0 Å². The van der Waals surface area contributed by atoms with Crippen LogP contribution in [0.2, 0.25) is 0 Å². The van der Waals surface area contributed by atoms with Crippen LogP contribution < -0.4 is 4.90 Å². The summed E-state index contributed by atoms with van der Waals surface area (Å²) in [5.74, 6) is 0.146. The van der Waals surface area contributed by atoms with Crippen LogP contribution in [0, 0.1) is 16.8 Å². The Morgan fingerprint density at radius 3 is 2.60 bits per heavy atom. The van der Waals surface area contributed by atoms with Crippen molar-refractivity contribution in [2.24, 2.45) is 10.8 Å². The maximum Gasteiger partial charge on any atom is 0.214 e. The summed E-state index contributed by atoms with van der Waals surface area (Å²) in [6.45, 7) is 4.32. The fourth-order valence-electron chi connectivity index (χ4n) is 5.92. The second-order valence-corrected chi connectivity index (χ2v) is 11.3. The molecule has 0 spiro atoms. The predicted molar refractivity (Wildman–Crippen MR) is 134 cm³/mol. The van der Waals surface area contributed by atoms with E-state index in [4.69, 9.17) is 0 Å². The van der Waals surface area contributed by atoms with Crippen molar-refractivity contribution < 1.29 is 13.9 Å². The molecule has 2 aliphatic rings. The molecule has 1 aromatic carbocycles. The van der Waals surface area contributed by atoms with Crippen LogP contribution in [-0.4, -0.2) is 50.8 Å². The van der Waals surface area contributed by atoms with Crippen LogP contribution in [0.5, 0.6) is 5.75 Å². The molecular formula is C26H29F2N5OS. The first kappa shape index (κ1) is 23.9. The van der Waals surface area contributed by atoms with Crippen LogP contribution in [0.3, 0.4) is 0 Å². The first-order chi connectivity index (χ1) is 16.6. The number of phenols is 1. The highest BCUT2D eigenvalue weighted by atomic mass is 32.2. The Morgan fingerprint density at radius 1 is 1.11 bits per heavy atom. The molecule has 2 heterocycles. The molecule has 2 bridgehead atoms. The van der Waals surface area contributed by atoms with E-state index >= 15 is 4.39 Å². The zero-order valence-corrected chi connectivity index (χ0v) is 21.1. The van der Waals surface area contributed by atoms with E-state index in [0.717, 1.165) is 25.7 Å². The Kier molecular flexibility index (Phi) is 5.94. The summed E-state index contributed by atoms with van der Waals surface area (Å²) < 4.78 is 29.4. The summed E-state index contributed by atoms with van der Waals surface area (Å²) in [4.78, 5) is 10.1. The van der Waals surface area contributed by atoms with Gasteiger partial charge in [-0.3, -0.25) is 0 Å². The highest BCUT2D eigenvalue weighted by Gasteiger charge is 2.56. The summed E-state index contributed by atoms with van der Waals surface area (Å²) in [6.07, 6.45) is 6.13. The fourth-order valence-corrected chi connectivity index (χ4v) is 6.35. The molecule has 184 valence electrons. The number of anilines is 1. The van der Waals surface area contributed by atoms with Crippen LogP contribution in [0.25, 0.3) is 22.5 Å². The van der Waals surface area contributed by atoms with E-state index in [0.29, 0.717) is 27.5 Å². The molecular weight excluding hydrogens is 468 g/mol. The maximum absolute atomic E-state index is 15.5. The fraction of sp³-hybridized carbons (Fsp3) is 0.462. The van der Waals surface area contributed by atoms with Crippen LogP contribution in [0.15, 0.2) is 41.6 Å². The number of aromatic hydroxyl groups is 1. The summed E-state index contributed by atoms with van der Waals surface area (Å²) in [5.41, 5.74) is 1.53. The predicted octanol–water partition coefficient (Wildman–Crippen LogP) is 5.91.